The van der Waals surface area contributed by atoms with Gasteiger partial charge < -0.3 is 4.90 Å². The summed E-state index contributed by atoms with van der Waals surface area (Å²) in [5.41, 5.74) is -0.439. The largest absolute Gasteiger partial charge is 0.350 e. The molecule has 1 aliphatic rings. The summed E-state index contributed by atoms with van der Waals surface area (Å²) < 4.78 is 39.3. The zero-order chi connectivity index (χ0) is 12.6. The zero-order valence-electron chi connectivity index (χ0n) is 8.47. The van der Waals surface area contributed by atoms with Gasteiger partial charge in [0.2, 0.25) is 11.8 Å². The lowest BCUT2D eigenvalue weighted by Gasteiger charge is -2.27. The second-order valence-corrected chi connectivity index (χ2v) is 3.55. The summed E-state index contributed by atoms with van der Waals surface area (Å²) in [6, 6.07) is 1.13. The third-order valence-corrected chi connectivity index (χ3v) is 2.26. The van der Waals surface area contributed by atoms with Crippen LogP contribution < -0.4 is 10.2 Å². The summed E-state index contributed by atoms with van der Waals surface area (Å²) in [6.07, 6.45) is 0. The van der Waals surface area contributed by atoms with E-state index in [4.69, 9.17) is 0 Å². The Morgan fingerprint density at radius 2 is 1.65 bits per heavy atom. The van der Waals surface area contributed by atoms with E-state index in [1.165, 1.54) is 0 Å². The fraction of sp³-hybridized carbons (Fsp3) is 0.200. The molecule has 1 fully saturated rings. The highest BCUT2D eigenvalue weighted by Crippen LogP contribution is 2.23. The highest BCUT2D eigenvalue weighted by atomic mass is 19.2. The standard InChI is InChI=1S/C10H7F3N2O2/c11-5-1-6(12)10(13)7(2-5)15-3-8(16)14-9(17)4-15/h1-2H,3-4H2,(H,14,16,17). The summed E-state index contributed by atoms with van der Waals surface area (Å²) in [4.78, 5) is 23.1. The van der Waals surface area contributed by atoms with Crippen LogP contribution in [-0.2, 0) is 9.59 Å². The van der Waals surface area contributed by atoms with Crippen LogP contribution in [0.4, 0.5) is 18.9 Å². The van der Waals surface area contributed by atoms with Crippen LogP contribution in [0.25, 0.3) is 0 Å². The number of halogens is 3. The molecule has 0 atom stereocenters. The number of nitrogens with one attached hydrogen (secondary N) is 1. The zero-order valence-corrected chi connectivity index (χ0v) is 8.47. The van der Waals surface area contributed by atoms with E-state index in [1.807, 2.05) is 5.32 Å². The maximum absolute atomic E-state index is 13.4. The summed E-state index contributed by atoms with van der Waals surface area (Å²) in [7, 11) is 0. The van der Waals surface area contributed by atoms with Crippen molar-refractivity contribution in [3.63, 3.8) is 0 Å². The molecule has 0 saturated carbocycles. The van der Waals surface area contributed by atoms with E-state index in [1.54, 1.807) is 0 Å². The first-order valence-electron chi connectivity index (χ1n) is 4.69. The van der Waals surface area contributed by atoms with Gasteiger partial charge in [0.15, 0.2) is 11.6 Å². The number of hydrogen-bond acceptors (Lipinski definition) is 3. The maximum atomic E-state index is 13.4. The second-order valence-electron chi connectivity index (χ2n) is 3.55. The molecule has 2 rings (SSSR count). The van der Waals surface area contributed by atoms with Gasteiger partial charge in [0.1, 0.15) is 5.82 Å². The molecule has 1 N–H and O–H groups in total. The lowest BCUT2D eigenvalue weighted by Crippen LogP contribution is -2.51. The van der Waals surface area contributed by atoms with Crippen molar-refractivity contribution >= 4 is 17.5 Å². The van der Waals surface area contributed by atoms with Gasteiger partial charge in [-0.15, -0.1) is 0 Å². The molecule has 0 bridgehead atoms. The average molecular weight is 244 g/mol. The Labute approximate surface area is 94.0 Å². The smallest absolute Gasteiger partial charge is 0.246 e. The van der Waals surface area contributed by atoms with E-state index in [0.29, 0.717) is 6.07 Å². The number of piperazine rings is 1. The molecule has 1 aromatic rings. The molecular formula is C10H7F3N2O2. The number of anilines is 1. The van der Waals surface area contributed by atoms with Gasteiger partial charge in [0, 0.05) is 12.1 Å². The predicted molar refractivity (Wildman–Crippen MR) is 51.7 cm³/mol. The summed E-state index contributed by atoms with van der Waals surface area (Å²) in [5.74, 6) is -4.92. The number of benzene rings is 1. The van der Waals surface area contributed by atoms with Crippen LogP contribution in [0.5, 0.6) is 0 Å². The monoisotopic (exact) mass is 244 g/mol. The van der Waals surface area contributed by atoms with E-state index in [0.717, 1.165) is 11.0 Å². The Balaban J connectivity index is 2.39. The van der Waals surface area contributed by atoms with Crippen molar-refractivity contribution in [2.24, 2.45) is 0 Å². The van der Waals surface area contributed by atoms with E-state index in [2.05, 4.69) is 0 Å². The van der Waals surface area contributed by atoms with Crippen molar-refractivity contribution in [1.29, 1.82) is 0 Å². The second kappa shape index (κ2) is 4.08. The normalized spacial score (nSPS) is 16.1. The van der Waals surface area contributed by atoms with Crippen LogP contribution in [-0.4, -0.2) is 24.9 Å². The SMILES string of the molecule is O=C1CN(c2cc(F)cc(F)c2F)CC(=O)N1. The lowest BCUT2D eigenvalue weighted by molar-refractivity contribution is -0.130. The van der Waals surface area contributed by atoms with Crippen molar-refractivity contribution in [1.82, 2.24) is 5.32 Å². The molecule has 0 spiro atoms. The van der Waals surface area contributed by atoms with E-state index >= 15 is 0 Å². The molecule has 90 valence electrons. The Morgan fingerprint density at radius 3 is 2.24 bits per heavy atom. The van der Waals surface area contributed by atoms with E-state index in [9.17, 15) is 22.8 Å². The molecule has 0 unspecified atom stereocenters. The van der Waals surface area contributed by atoms with Gasteiger partial charge in [-0.05, 0) is 0 Å². The molecule has 1 aliphatic heterocycles. The van der Waals surface area contributed by atoms with Crippen LogP contribution in [0.1, 0.15) is 0 Å². The predicted octanol–water partition coefficient (Wildman–Crippen LogP) is 0.567. The van der Waals surface area contributed by atoms with Gasteiger partial charge >= 0.3 is 0 Å². The van der Waals surface area contributed by atoms with Gasteiger partial charge in [-0.3, -0.25) is 14.9 Å². The van der Waals surface area contributed by atoms with Crippen molar-refractivity contribution in [3.8, 4) is 0 Å². The number of amides is 2. The summed E-state index contributed by atoms with van der Waals surface area (Å²) in [6.45, 7) is -0.656. The number of nitrogens with zero attached hydrogens (tertiary/aromatic N) is 1. The molecular weight excluding hydrogens is 237 g/mol. The Kier molecular flexibility index (Phi) is 2.74. The Bertz CT molecular complexity index is 489. The quantitative estimate of drug-likeness (QED) is 0.580. The van der Waals surface area contributed by atoms with Gasteiger partial charge in [-0.25, -0.2) is 13.2 Å². The van der Waals surface area contributed by atoms with Gasteiger partial charge in [0.25, 0.3) is 0 Å². The molecule has 0 aromatic heterocycles. The van der Waals surface area contributed by atoms with E-state index < -0.39 is 35.0 Å². The molecule has 4 nitrogen and oxygen atoms in total. The molecule has 1 saturated heterocycles. The number of imide groups is 1. The first kappa shape index (κ1) is 11.4. The van der Waals surface area contributed by atoms with Crippen molar-refractivity contribution in [2.45, 2.75) is 0 Å². The highest BCUT2D eigenvalue weighted by molar-refractivity contribution is 6.02. The third kappa shape index (κ3) is 2.22. The minimum Gasteiger partial charge on any atom is -0.350 e. The number of carbonyl (C=O) groups excluding carboxylic acids is 2. The van der Waals surface area contributed by atoms with Crippen LogP contribution in [0.15, 0.2) is 12.1 Å². The minimum atomic E-state index is -1.36. The maximum Gasteiger partial charge on any atom is 0.246 e. The summed E-state index contributed by atoms with van der Waals surface area (Å²) in [5, 5.41) is 2.00. The lowest BCUT2D eigenvalue weighted by atomic mass is 10.2. The van der Waals surface area contributed by atoms with Crippen molar-refractivity contribution in [3.05, 3.63) is 29.6 Å². The highest BCUT2D eigenvalue weighted by Gasteiger charge is 2.26. The third-order valence-electron chi connectivity index (χ3n) is 2.26. The van der Waals surface area contributed by atoms with Crippen molar-refractivity contribution < 1.29 is 22.8 Å². The van der Waals surface area contributed by atoms with Crippen LogP contribution in [0.2, 0.25) is 0 Å². The molecule has 17 heavy (non-hydrogen) atoms. The van der Waals surface area contributed by atoms with E-state index in [-0.39, 0.29) is 13.1 Å². The molecule has 7 heteroatoms. The first-order chi connectivity index (χ1) is 7.97. The van der Waals surface area contributed by atoms with Crippen LogP contribution in [0.3, 0.4) is 0 Å². The summed E-state index contributed by atoms with van der Waals surface area (Å²) >= 11 is 0. The van der Waals surface area contributed by atoms with Crippen LogP contribution >= 0.6 is 0 Å². The van der Waals surface area contributed by atoms with Gasteiger partial charge in [0.05, 0.1) is 18.8 Å². The Hall–Kier alpha value is -2.05. The average Bonchev–Trinajstić information content (AvgIpc) is 2.22. The molecule has 1 aromatic carbocycles. The fourth-order valence-electron chi connectivity index (χ4n) is 1.58. The minimum absolute atomic E-state index is 0.328. The number of hydrogen-bond donors (Lipinski definition) is 1. The molecule has 0 radical (unpaired) electrons. The van der Waals surface area contributed by atoms with Crippen LogP contribution in [0, 0.1) is 17.5 Å². The first-order valence-corrected chi connectivity index (χ1v) is 4.69. The molecule has 0 aliphatic carbocycles. The van der Waals surface area contributed by atoms with Gasteiger partial charge in [-0.2, -0.15) is 0 Å². The van der Waals surface area contributed by atoms with Crippen molar-refractivity contribution in [2.75, 3.05) is 18.0 Å². The Morgan fingerprint density at radius 1 is 1.06 bits per heavy atom. The van der Waals surface area contributed by atoms with Gasteiger partial charge in [-0.1, -0.05) is 0 Å². The molecule has 1 heterocycles. The number of rotatable bonds is 1. The topological polar surface area (TPSA) is 49.4 Å². The fourth-order valence-corrected chi connectivity index (χ4v) is 1.58. The number of carbonyl (C=O) groups is 2. The molecule has 2 amide bonds.